The number of carbonyl (C=O) groups excluding carboxylic acids is 1. The molecule has 27 heavy (non-hydrogen) atoms. The summed E-state index contributed by atoms with van der Waals surface area (Å²) in [5.74, 6) is 0.267. The Hall–Kier alpha value is -3.30. The maximum atomic E-state index is 12.5. The van der Waals surface area contributed by atoms with Gasteiger partial charge in [-0.25, -0.2) is 0 Å². The van der Waals surface area contributed by atoms with Crippen LogP contribution in [0.15, 0.2) is 41.2 Å². The lowest BCUT2D eigenvalue weighted by molar-refractivity contribution is -0.0403. The summed E-state index contributed by atoms with van der Waals surface area (Å²) in [5.41, 5.74) is -0.148. The molecule has 2 aromatic heterocycles. The topological polar surface area (TPSA) is 139 Å². The molecule has 9 heteroatoms. The summed E-state index contributed by atoms with van der Waals surface area (Å²) < 4.78 is 10.9. The fraction of sp³-hybridized carbons (Fsp3) is 0.222. The number of carbonyl (C=O) groups is 1. The highest BCUT2D eigenvalue weighted by molar-refractivity contribution is 6.01. The summed E-state index contributed by atoms with van der Waals surface area (Å²) >= 11 is 0. The van der Waals surface area contributed by atoms with Crippen molar-refractivity contribution < 1.29 is 29.4 Å². The molecule has 4 rings (SSSR count). The van der Waals surface area contributed by atoms with Crippen LogP contribution < -0.4 is 4.74 Å². The van der Waals surface area contributed by atoms with Crippen molar-refractivity contribution in [2.45, 2.75) is 12.0 Å². The third-order valence-electron chi connectivity index (χ3n) is 4.38. The van der Waals surface area contributed by atoms with Crippen LogP contribution in [0.1, 0.15) is 16.8 Å². The number of fused-ring (bicyclic) bond motifs is 1. The maximum absolute atomic E-state index is 12.5. The molecule has 0 aliphatic carbocycles. The number of rotatable bonds is 4. The Bertz CT molecular complexity index is 1010. The molecule has 138 valence electrons. The Morgan fingerprint density at radius 1 is 1.15 bits per heavy atom. The molecule has 0 amide bonds. The molecule has 3 aromatic rings. The fourth-order valence-electron chi connectivity index (χ4n) is 2.88. The van der Waals surface area contributed by atoms with Gasteiger partial charge in [-0.3, -0.25) is 9.78 Å². The molecule has 1 aliphatic heterocycles. The van der Waals surface area contributed by atoms with Gasteiger partial charge in [-0.2, -0.15) is 4.98 Å². The van der Waals surface area contributed by atoms with Crippen molar-refractivity contribution in [2.75, 3.05) is 13.2 Å². The van der Waals surface area contributed by atoms with E-state index in [0.29, 0.717) is 16.7 Å². The number of hydrogen-bond acceptors (Lipinski definition) is 9. The van der Waals surface area contributed by atoms with Gasteiger partial charge in [0.05, 0.1) is 37.0 Å². The Morgan fingerprint density at radius 2 is 1.96 bits per heavy atom. The number of aliphatic hydroxyl groups is 2. The summed E-state index contributed by atoms with van der Waals surface area (Å²) in [7, 11) is 0. The number of aromatic nitrogens is 3. The van der Waals surface area contributed by atoms with Gasteiger partial charge in [0.25, 0.3) is 5.89 Å². The predicted molar refractivity (Wildman–Crippen MR) is 91.1 cm³/mol. The van der Waals surface area contributed by atoms with E-state index in [0.717, 1.165) is 0 Å². The standard InChI is InChI=1S/C18H15N3O6/c22-8-18(9-23)6-13(24)12-5-10(1-2-15(12)26-18)17-20-16(21-27-17)11-3-4-19-7-14(11)25/h1-5,7,22-23,25H,6,8-9H2. The van der Waals surface area contributed by atoms with E-state index in [1.807, 2.05) is 0 Å². The highest BCUT2D eigenvalue weighted by Gasteiger charge is 2.40. The Morgan fingerprint density at radius 3 is 2.70 bits per heavy atom. The highest BCUT2D eigenvalue weighted by atomic mass is 16.5. The van der Waals surface area contributed by atoms with Gasteiger partial charge in [0.2, 0.25) is 5.82 Å². The van der Waals surface area contributed by atoms with Crippen LogP contribution in [0, 0.1) is 0 Å². The number of aromatic hydroxyl groups is 1. The first-order valence-electron chi connectivity index (χ1n) is 8.11. The van der Waals surface area contributed by atoms with Crippen molar-refractivity contribution in [1.82, 2.24) is 15.1 Å². The molecule has 3 N–H and O–H groups in total. The number of benzene rings is 1. The maximum Gasteiger partial charge on any atom is 0.258 e. The SMILES string of the molecule is O=C1CC(CO)(CO)Oc2ccc(-c3nc(-c4ccncc4O)no3)cc21. The summed E-state index contributed by atoms with van der Waals surface area (Å²) in [6.07, 6.45) is 2.62. The minimum Gasteiger partial charge on any atom is -0.506 e. The largest absolute Gasteiger partial charge is 0.506 e. The van der Waals surface area contributed by atoms with E-state index in [4.69, 9.17) is 9.26 Å². The number of ether oxygens (including phenoxy) is 1. The molecule has 0 atom stereocenters. The van der Waals surface area contributed by atoms with Crippen LogP contribution in [-0.4, -0.2) is 55.0 Å². The van der Waals surface area contributed by atoms with Gasteiger partial charge >= 0.3 is 0 Å². The second kappa shape index (κ2) is 6.45. The molecule has 0 saturated heterocycles. The molecule has 0 bridgehead atoms. The predicted octanol–water partition coefficient (Wildman–Crippen LogP) is 1.19. The molecule has 1 aromatic carbocycles. The van der Waals surface area contributed by atoms with Gasteiger partial charge in [-0.15, -0.1) is 0 Å². The number of aliphatic hydroxyl groups excluding tert-OH is 2. The highest BCUT2D eigenvalue weighted by Crippen LogP contribution is 2.36. The molecule has 9 nitrogen and oxygen atoms in total. The van der Waals surface area contributed by atoms with Crippen molar-refractivity contribution in [3.05, 3.63) is 42.2 Å². The number of ketones is 1. The summed E-state index contributed by atoms with van der Waals surface area (Å²) in [5, 5.41) is 32.6. The normalized spacial score (nSPS) is 15.3. The van der Waals surface area contributed by atoms with Gasteiger partial charge in [-0.05, 0) is 24.3 Å². The third-order valence-corrected chi connectivity index (χ3v) is 4.38. The van der Waals surface area contributed by atoms with E-state index in [9.17, 15) is 20.1 Å². The Kier molecular flexibility index (Phi) is 4.09. The van der Waals surface area contributed by atoms with Crippen LogP contribution in [-0.2, 0) is 0 Å². The monoisotopic (exact) mass is 369 g/mol. The van der Waals surface area contributed by atoms with Gasteiger partial charge in [0.1, 0.15) is 11.5 Å². The van der Waals surface area contributed by atoms with Crippen LogP contribution in [0.3, 0.4) is 0 Å². The fourth-order valence-corrected chi connectivity index (χ4v) is 2.88. The van der Waals surface area contributed by atoms with Crippen molar-refractivity contribution in [3.63, 3.8) is 0 Å². The molecule has 3 heterocycles. The van der Waals surface area contributed by atoms with Crippen molar-refractivity contribution in [3.8, 4) is 34.3 Å². The van der Waals surface area contributed by atoms with E-state index in [2.05, 4.69) is 15.1 Å². The first kappa shape index (κ1) is 17.1. The van der Waals surface area contributed by atoms with Gasteiger partial charge in [0.15, 0.2) is 11.4 Å². The third kappa shape index (κ3) is 2.92. The smallest absolute Gasteiger partial charge is 0.258 e. The second-order valence-electron chi connectivity index (χ2n) is 6.23. The molecule has 0 spiro atoms. The van der Waals surface area contributed by atoms with Crippen LogP contribution in [0.4, 0.5) is 0 Å². The minimum atomic E-state index is -1.32. The number of pyridine rings is 1. The van der Waals surface area contributed by atoms with E-state index in [-0.39, 0.29) is 35.4 Å². The lowest BCUT2D eigenvalue weighted by Crippen LogP contribution is -2.48. The van der Waals surface area contributed by atoms with Gasteiger partial charge in [-0.1, -0.05) is 5.16 Å². The Balaban J connectivity index is 1.69. The van der Waals surface area contributed by atoms with E-state index in [1.54, 1.807) is 24.3 Å². The minimum absolute atomic E-state index is 0.0804. The summed E-state index contributed by atoms with van der Waals surface area (Å²) in [6, 6.07) is 6.29. The Labute approximate surface area is 152 Å². The summed E-state index contributed by atoms with van der Waals surface area (Å²) in [6.45, 7) is -0.947. The number of Topliss-reactive ketones (excluding diaryl/α,β-unsaturated/α-hetero) is 1. The van der Waals surface area contributed by atoms with Crippen LogP contribution in [0.25, 0.3) is 22.8 Å². The molecule has 0 radical (unpaired) electrons. The molecule has 0 fully saturated rings. The lowest BCUT2D eigenvalue weighted by Gasteiger charge is -2.34. The average molecular weight is 369 g/mol. The molecular formula is C18H15N3O6. The summed E-state index contributed by atoms with van der Waals surface area (Å²) in [4.78, 5) is 20.5. The zero-order valence-electron chi connectivity index (χ0n) is 14.0. The van der Waals surface area contributed by atoms with Gasteiger partial charge < -0.3 is 24.6 Å². The molecule has 1 aliphatic rings. The molecule has 0 saturated carbocycles. The van der Waals surface area contributed by atoms with E-state index >= 15 is 0 Å². The van der Waals surface area contributed by atoms with Crippen molar-refractivity contribution in [2.24, 2.45) is 0 Å². The quantitative estimate of drug-likeness (QED) is 0.619. The first-order chi connectivity index (χ1) is 13.0. The van der Waals surface area contributed by atoms with Crippen LogP contribution in [0.2, 0.25) is 0 Å². The van der Waals surface area contributed by atoms with Crippen LogP contribution in [0.5, 0.6) is 11.5 Å². The van der Waals surface area contributed by atoms with E-state index in [1.165, 1.54) is 12.4 Å². The zero-order chi connectivity index (χ0) is 19.0. The number of nitrogens with zero attached hydrogens (tertiary/aromatic N) is 3. The van der Waals surface area contributed by atoms with Crippen molar-refractivity contribution in [1.29, 1.82) is 0 Å². The number of hydrogen-bond donors (Lipinski definition) is 3. The van der Waals surface area contributed by atoms with Crippen LogP contribution >= 0.6 is 0 Å². The lowest BCUT2D eigenvalue weighted by atomic mass is 9.90. The second-order valence-corrected chi connectivity index (χ2v) is 6.23. The zero-order valence-corrected chi connectivity index (χ0v) is 14.0. The molecule has 0 unspecified atom stereocenters. The first-order valence-corrected chi connectivity index (χ1v) is 8.11. The van der Waals surface area contributed by atoms with E-state index < -0.39 is 18.8 Å². The van der Waals surface area contributed by atoms with Gasteiger partial charge in [0, 0.05) is 11.8 Å². The van der Waals surface area contributed by atoms with Crippen molar-refractivity contribution >= 4 is 5.78 Å². The average Bonchev–Trinajstić information content (AvgIpc) is 3.18. The molecular weight excluding hydrogens is 354 g/mol.